The van der Waals surface area contributed by atoms with Crippen LogP contribution in [0.25, 0.3) is 0 Å². The molecule has 0 fully saturated rings. The zero-order valence-corrected chi connectivity index (χ0v) is 15.0. The van der Waals surface area contributed by atoms with Gasteiger partial charge in [0.2, 0.25) is 0 Å². The number of likely N-dealkylation sites (N-methyl/N-ethyl adjacent to an activating group) is 1. The Labute approximate surface area is 154 Å². The van der Waals surface area contributed by atoms with Crippen molar-refractivity contribution in [2.75, 3.05) is 26.0 Å². The highest BCUT2D eigenvalue weighted by molar-refractivity contribution is 6.31. The van der Waals surface area contributed by atoms with Gasteiger partial charge in [-0.2, -0.15) is 13.2 Å². The average Bonchev–Trinajstić information content (AvgIpc) is 2.56. The van der Waals surface area contributed by atoms with Crippen LogP contribution in [0.2, 0.25) is 5.02 Å². The number of halogens is 4. The van der Waals surface area contributed by atoms with E-state index in [0.29, 0.717) is 6.54 Å². The monoisotopic (exact) mass is 387 g/mol. The molecular formula is C18H19ClF3N2O2+. The van der Waals surface area contributed by atoms with E-state index in [1.807, 2.05) is 31.3 Å². The maximum absolute atomic E-state index is 12.9. The first-order valence-electron chi connectivity index (χ1n) is 7.80. The first-order chi connectivity index (χ1) is 12.2. The Bertz CT molecular complexity index is 764. The second kappa shape index (κ2) is 8.42. The summed E-state index contributed by atoms with van der Waals surface area (Å²) in [6.45, 7) is 0.696. The molecule has 0 spiro atoms. The molecule has 0 saturated heterocycles. The fourth-order valence-electron chi connectivity index (χ4n) is 2.45. The van der Waals surface area contributed by atoms with Gasteiger partial charge in [-0.1, -0.05) is 11.6 Å². The summed E-state index contributed by atoms with van der Waals surface area (Å²) in [6, 6.07) is 10.7. The Kier molecular flexibility index (Phi) is 6.50. The van der Waals surface area contributed by atoms with E-state index in [9.17, 15) is 18.0 Å². The third kappa shape index (κ3) is 5.64. The molecule has 0 aliphatic rings. The van der Waals surface area contributed by atoms with Crippen molar-refractivity contribution in [3.05, 3.63) is 58.6 Å². The van der Waals surface area contributed by atoms with Crippen LogP contribution in [0.5, 0.6) is 5.75 Å². The van der Waals surface area contributed by atoms with Gasteiger partial charge in [0.05, 0.1) is 24.7 Å². The zero-order chi connectivity index (χ0) is 19.3. The minimum absolute atomic E-state index is 0.0592. The largest absolute Gasteiger partial charge is 0.497 e. The molecule has 0 heterocycles. The predicted octanol–water partition coefficient (Wildman–Crippen LogP) is 3.02. The van der Waals surface area contributed by atoms with Gasteiger partial charge in [0.25, 0.3) is 5.91 Å². The number of carbonyl (C=O) groups excluding carboxylic acids is 1. The lowest BCUT2D eigenvalue weighted by Gasteiger charge is -2.15. The van der Waals surface area contributed by atoms with E-state index in [4.69, 9.17) is 16.3 Å². The number of benzene rings is 2. The first-order valence-corrected chi connectivity index (χ1v) is 8.17. The maximum Gasteiger partial charge on any atom is 0.417 e. The molecule has 0 aliphatic heterocycles. The molecule has 0 bridgehead atoms. The number of amides is 1. The predicted molar refractivity (Wildman–Crippen MR) is 93.5 cm³/mol. The van der Waals surface area contributed by atoms with Gasteiger partial charge in [0.15, 0.2) is 6.54 Å². The number of alkyl halides is 3. The molecule has 2 aromatic carbocycles. The topological polar surface area (TPSA) is 42.8 Å². The van der Waals surface area contributed by atoms with Gasteiger partial charge < -0.3 is 15.0 Å². The summed E-state index contributed by atoms with van der Waals surface area (Å²) >= 11 is 5.57. The Morgan fingerprint density at radius 1 is 1.19 bits per heavy atom. The third-order valence-corrected chi connectivity index (χ3v) is 4.01. The highest BCUT2D eigenvalue weighted by atomic mass is 35.5. The van der Waals surface area contributed by atoms with E-state index < -0.39 is 16.8 Å². The van der Waals surface area contributed by atoms with E-state index in [-0.39, 0.29) is 18.1 Å². The van der Waals surface area contributed by atoms with Gasteiger partial charge in [0, 0.05) is 11.3 Å². The number of ether oxygens (including phenoxy) is 1. The molecule has 2 aromatic rings. The van der Waals surface area contributed by atoms with E-state index in [1.165, 1.54) is 6.07 Å². The summed E-state index contributed by atoms with van der Waals surface area (Å²) in [5.74, 6) is 0.360. The van der Waals surface area contributed by atoms with Crippen LogP contribution in [0.4, 0.5) is 18.9 Å². The SMILES string of the molecule is COc1ccc(C[NH+](C)CC(=O)Nc2ccc(Cl)c(C(F)(F)F)c2)cc1. The van der Waals surface area contributed by atoms with Crippen LogP contribution in [-0.2, 0) is 17.5 Å². The fraction of sp³-hybridized carbons (Fsp3) is 0.278. The van der Waals surface area contributed by atoms with Crippen molar-refractivity contribution in [2.24, 2.45) is 0 Å². The van der Waals surface area contributed by atoms with E-state index in [2.05, 4.69) is 5.32 Å². The lowest BCUT2D eigenvalue weighted by Crippen LogP contribution is -3.08. The van der Waals surface area contributed by atoms with Gasteiger partial charge in [-0.05, 0) is 42.5 Å². The first kappa shape index (κ1) is 20.1. The van der Waals surface area contributed by atoms with Crippen LogP contribution in [-0.4, -0.2) is 26.6 Å². The Morgan fingerprint density at radius 2 is 1.85 bits per heavy atom. The van der Waals surface area contributed by atoms with Crippen LogP contribution >= 0.6 is 11.6 Å². The summed E-state index contributed by atoms with van der Waals surface area (Å²) in [5, 5.41) is 2.07. The van der Waals surface area contributed by atoms with E-state index in [1.54, 1.807) is 7.11 Å². The second-order valence-electron chi connectivity index (χ2n) is 5.90. The van der Waals surface area contributed by atoms with E-state index >= 15 is 0 Å². The minimum Gasteiger partial charge on any atom is -0.497 e. The van der Waals surface area contributed by atoms with Gasteiger partial charge in [-0.15, -0.1) is 0 Å². The number of carbonyl (C=O) groups is 1. The van der Waals surface area contributed by atoms with Crippen LogP contribution < -0.4 is 15.0 Å². The van der Waals surface area contributed by atoms with Crippen molar-refractivity contribution in [2.45, 2.75) is 12.7 Å². The maximum atomic E-state index is 12.9. The quantitative estimate of drug-likeness (QED) is 0.800. The number of nitrogens with one attached hydrogen (secondary N) is 2. The van der Waals surface area contributed by atoms with Crippen LogP contribution in [0.15, 0.2) is 42.5 Å². The summed E-state index contributed by atoms with van der Waals surface area (Å²) in [5.41, 5.74) is 0.0989. The molecule has 1 unspecified atom stereocenters. The molecule has 8 heteroatoms. The molecule has 2 N–H and O–H groups in total. The highest BCUT2D eigenvalue weighted by Crippen LogP contribution is 2.36. The zero-order valence-electron chi connectivity index (χ0n) is 14.3. The number of quaternary nitrogens is 1. The Morgan fingerprint density at radius 3 is 2.42 bits per heavy atom. The summed E-state index contributed by atoms with van der Waals surface area (Å²) in [7, 11) is 3.41. The normalized spacial score (nSPS) is 12.5. The summed E-state index contributed by atoms with van der Waals surface area (Å²) < 4.78 is 43.7. The van der Waals surface area contributed by atoms with Crippen LogP contribution in [0.3, 0.4) is 0 Å². The fourth-order valence-corrected chi connectivity index (χ4v) is 2.68. The van der Waals surface area contributed by atoms with Crippen molar-refractivity contribution in [1.29, 1.82) is 0 Å². The van der Waals surface area contributed by atoms with E-state index in [0.717, 1.165) is 28.3 Å². The summed E-state index contributed by atoms with van der Waals surface area (Å²) in [6.07, 6.45) is -4.58. The number of rotatable bonds is 6. The minimum atomic E-state index is -4.58. The molecule has 0 saturated carbocycles. The molecule has 0 aromatic heterocycles. The van der Waals surface area contributed by atoms with Crippen molar-refractivity contribution < 1.29 is 27.6 Å². The molecule has 1 atom stereocenters. The molecule has 4 nitrogen and oxygen atoms in total. The second-order valence-corrected chi connectivity index (χ2v) is 6.31. The van der Waals surface area contributed by atoms with Gasteiger partial charge in [-0.25, -0.2) is 0 Å². The molecule has 1 amide bonds. The van der Waals surface area contributed by atoms with Gasteiger partial charge in [0.1, 0.15) is 12.3 Å². The average molecular weight is 388 g/mol. The van der Waals surface area contributed by atoms with Crippen LogP contribution in [0.1, 0.15) is 11.1 Å². The highest BCUT2D eigenvalue weighted by Gasteiger charge is 2.33. The molecule has 0 radical (unpaired) electrons. The third-order valence-electron chi connectivity index (χ3n) is 3.68. The molecule has 140 valence electrons. The Hall–Kier alpha value is -2.25. The van der Waals surface area contributed by atoms with Crippen molar-refractivity contribution in [3.8, 4) is 5.75 Å². The molecular weight excluding hydrogens is 369 g/mol. The standard InChI is InChI=1S/C18H18ClF3N2O2/c1-24(10-12-3-6-14(26-2)7-4-12)11-17(25)23-13-5-8-16(19)15(9-13)18(20,21)22/h3-9H,10-11H2,1-2H3,(H,23,25)/p+1. The molecule has 2 rings (SSSR count). The molecule has 26 heavy (non-hydrogen) atoms. The number of anilines is 1. The number of hydrogen-bond acceptors (Lipinski definition) is 2. The summed E-state index contributed by atoms with van der Waals surface area (Å²) in [4.78, 5) is 13.0. The van der Waals surface area contributed by atoms with Gasteiger partial charge >= 0.3 is 6.18 Å². The number of methoxy groups -OCH3 is 1. The number of hydrogen-bond donors (Lipinski definition) is 2. The molecule has 0 aliphatic carbocycles. The lowest BCUT2D eigenvalue weighted by molar-refractivity contribution is -0.885. The lowest BCUT2D eigenvalue weighted by atomic mass is 10.2. The van der Waals surface area contributed by atoms with Gasteiger partial charge in [-0.3, -0.25) is 4.79 Å². The van der Waals surface area contributed by atoms with Crippen LogP contribution in [0, 0.1) is 0 Å². The van der Waals surface area contributed by atoms with Crippen molar-refractivity contribution in [3.63, 3.8) is 0 Å². The van der Waals surface area contributed by atoms with Crippen molar-refractivity contribution >= 4 is 23.2 Å². The Balaban J connectivity index is 1.95. The smallest absolute Gasteiger partial charge is 0.417 e. The van der Waals surface area contributed by atoms with Crippen molar-refractivity contribution in [1.82, 2.24) is 0 Å².